The number of alkyl halides is 1. The largest absolute Gasteiger partial charge is 0.308 e. The number of nitrogens with one attached hydrogen (secondary N) is 1. The van der Waals surface area contributed by atoms with Crippen molar-refractivity contribution in [3.63, 3.8) is 0 Å². The van der Waals surface area contributed by atoms with Crippen molar-refractivity contribution < 1.29 is 4.39 Å². The highest BCUT2D eigenvalue weighted by atomic mass is 35.5. The lowest BCUT2D eigenvalue weighted by molar-refractivity contribution is 0.444. The van der Waals surface area contributed by atoms with Gasteiger partial charge in [0.2, 0.25) is 0 Å². The summed E-state index contributed by atoms with van der Waals surface area (Å²) in [4.78, 5) is 0. The van der Waals surface area contributed by atoms with Crippen molar-refractivity contribution in [1.29, 1.82) is 0 Å². The fraction of sp³-hybridized carbons (Fsp3) is 0.400. The molecule has 0 saturated carbocycles. The second kappa shape index (κ2) is 5.20. The maximum atomic E-state index is 11.9. The summed E-state index contributed by atoms with van der Waals surface area (Å²) in [6, 6.07) is 7.73. The van der Waals surface area contributed by atoms with Crippen LogP contribution < -0.4 is 5.32 Å². The Morgan fingerprint density at radius 2 is 2.31 bits per heavy atom. The lowest BCUT2D eigenvalue weighted by atomic mass is 10.1. The van der Waals surface area contributed by atoms with Gasteiger partial charge in [0.05, 0.1) is 0 Å². The minimum Gasteiger partial charge on any atom is -0.308 e. The number of halogens is 2. The van der Waals surface area contributed by atoms with Gasteiger partial charge in [-0.1, -0.05) is 23.7 Å². The predicted molar refractivity (Wildman–Crippen MR) is 53.8 cm³/mol. The van der Waals surface area contributed by atoms with E-state index in [4.69, 9.17) is 11.6 Å². The smallest absolute Gasteiger partial charge is 0.102 e. The van der Waals surface area contributed by atoms with Gasteiger partial charge in [-0.3, -0.25) is 0 Å². The summed E-state index contributed by atoms with van der Waals surface area (Å²) in [5, 5.41) is 3.76. The Labute approximate surface area is 82.9 Å². The summed E-state index contributed by atoms with van der Waals surface area (Å²) >= 11 is 5.82. The molecule has 1 unspecified atom stereocenters. The second-order valence-electron chi connectivity index (χ2n) is 2.92. The number of rotatable bonds is 4. The molecular weight excluding hydrogens is 189 g/mol. The van der Waals surface area contributed by atoms with Crippen molar-refractivity contribution in [2.75, 3.05) is 13.2 Å². The average molecular weight is 202 g/mol. The van der Waals surface area contributed by atoms with Crippen LogP contribution in [-0.4, -0.2) is 13.2 Å². The van der Waals surface area contributed by atoms with Crippen molar-refractivity contribution in [2.45, 2.75) is 13.0 Å². The Balaban J connectivity index is 2.60. The Kier molecular flexibility index (Phi) is 4.19. The molecule has 0 heterocycles. The molecule has 0 saturated heterocycles. The summed E-state index contributed by atoms with van der Waals surface area (Å²) in [7, 11) is 0. The highest BCUT2D eigenvalue weighted by Crippen LogP contribution is 2.16. The summed E-state index contributed by atoms with van der Waals surface area (Å²) in [5.74, 6) is 0. The quantitative estimate of drug-likeness (QED) is 0.790. The summed E-state index contributed by atoms with van der Waals surface area (Å²) in [5.41, 5.74) is 1.08. The van der Waals surface area contributed by atoms with Crippen LogP contribution in [0.25, 0.3) is 0 Å². The standard InChI is InChI=1S/C10H13ClFN/c1-8(13-6-5-12)9-3-2-4-10(11)7-9/h2-4,7-8,13H,5-6H2,1H3. The first-order valence-electron chi connectivity index (χ1n) is 4.29. The first-order valence-corrected chi connectivity index (χ1v) is 4.66. The van der Waals surface area contributed by atoms with E-state index in [9.17, 15) is 4.39 Å². The van der Waals surface area contributed by atoms with Crippen molar-refractivity contribution in [3.05, 3.63) is 34.9 Å². The second-order valence-corrected chi connectivity index (χ2v) is 3.36. The van der Waals surface area contributed by atoms with Crippen molar-refractivity contribution in [1.82, 2.24) is 5.32 Å². The molecule has 3 heteroatoms. The monoisotopic (exact) mass is 201 g/mol. The fourth-order valence-corrected chi connectivity index (χ4v) is 1.36. The Bertz CT molecular complexity index is 265. The van der Waals surface area contributed by atoms with E-state index in [-0.39, 0.29) is 12.7 Å². The SMILES string of the molecule is CC(NCCF)c1cccc(Cl)c1. The maximum absolute atomic E-state index is 11.9. The third-order valence-electron chi connectivity index (χ3n) is 1.89. The van der Waals surface area contributed by atoms with E-state index in [2.05, 4.69) is 5.32 Å². The van der Waals surface area contributed by atoms with Gasteiger partial charge in [0.15, 0.2) is 0 Å². The van der Waals surface area contributed by atoms with E-state index in [0.29, 0.717) is 11.6 Å². The van der Waals surface area contributed by atoms with Gasteiger partial charge in [-0.05, 0) is 24.6 Å². The van der Waals surface area contributed by atoms with Crippen LogP contribution in [0.1, 0.15) is 18.5 Å². The van der Waals surface area contributed by atoms with E-state index < -0.39 is 0 Å². The minimum atomic E-state index is -0.342. The molecule has 0 fully saturated rings. The molecule has 0 radical (unpaired) electrons. The van der Waals surface area contributed by atoms with Gasteiger partial charge in [0, 0.05) is 17.6 Å². The molecule has 13 heavy (non-hydrogen) atoms. The molecule has 0 aliphatic rings. The third kappa shape index (κ3) is 3.33. The van der Waals surface area contributed by atoms with Crippen LogP contribution in [0, 0.1) is 0 Å². The van der Waals surface area contributed by atoms with E-state index in [1.807, 2.05) is 31.2 Å². The zero-order valence-corrected chi connectivity index (χ0v) is 8.31. The topological polar surface area (TPSA) is 12.0 Å². The number of hydrogen-bond donors (Lipinski definition) is 1. The lowest BCUT2D eigenvalue weighted by Gasteiger charge is -2.12. The molecule has 72 valence electrons. The van der Waals surface area contributed by atoms with Crippen LogP contribution in [-0.2, 0) is 0 Å². The van der Waals surface area contributed by atoms with Gasteiger partial charge in [-0.2, -0.15) is 0 Å². The predicted octanol–water partition coefficient (Wildman–Crippen LogP) is 2.96. The molecular formula is C10H13ClFN. The molecule has 1 nitrogen and oxygen atoms in total. The summed E-state index contributed by atoms with van der Waals surface area (Å²) < 4.78 is 11.9. The van der Waals surface area contributed by atoms with Gasteiger partial charge >= 0.3 is 0 Å². The highest BCUT2D eigenvalue weighted by Gasteiger charge is 2.03. The molecule has 1 aromatic carbocycles. The van der Waals surface area contributed by atoms with Gasteiger partial charge in [0.25, 0.3) is 0 Å². The van der Waals surface area contributed by atoms with Crippen LogP contribution in [0.15, 0.2) is 24.3 Å². The maximum Gasteiger partial charge on any atom is 0.102 e. The van der Waals surface area contributed by atoms with Gasteiger partial charge < -0.3 is 5.32 Å². The summed E-state index contributed by atoms with van der Waals surface area (Å²) in [6.45, 7) is 2.03. The molecule has 0 aliphatic carbocycles. The number of benzene rings is 1. The molecule has 1 aromatic rings. The number of hydrogen-bond acceptors (Lipinski definition) is 1. The first-order chi connectivity index (χ1) is 6.24. The molecule has 1 rings (SSSR count). The zero-order valence-electron chi connectivity index (χ0n) is 7.56. The van der Waals surface area contributed by atoms with Crippen LogP contribution >= 0.6 is 11.6 Å². The fourth-order valence-electron chi connectivity index (χ4n) is 1.16. The van der Waals surface area contributed by atoms with Crippen molar-refractivity contribution >= 4 is 11.6 Å². The van der Waals surface area contributed by atoms with E-state index in [1.165, 1.54) is 0 Å². The Morgan fingerprint density at radius 3 is 2.92 bits per heavy atom. The molecule has 1 atom stereocenters. The molecule has 0 spiro atoms. The zero-order chi connectivity index (χ0) is 9.68. The molecule has 0 amide bonds. The van der Waals surface area contributed by atoms with Gasteiger partial charge in [0.1, 0.15) is 6.67 Å². The van der Waals surface area contributed by atoms with Crippen molar-refractivity contribution in [3.8, 4) is 0 Å². The normalized spacial score (nSPS) is 12.8. The third-order valence-corrected chi connectivity index (χ3v) is 2.13. The van der Waals surface area contributed by atoms with E-state index in [0.717, 1.165) is 5.56 Å². The first kappa shape index (κ1) is 10.5. The van der Waals surface area contributed by atoms with Crippen LogP contribution in [0.4, 0.5) is 4.39 Å². The van der Waals surface area contributed by atoms with Crippen molar-refractivity contribution in [2.24, 2.45) is 0 Å². The average Bonchev–Trinajstić information content (AvgIpc) is 2.14. The summed E-state index contributed by atoms with van der Waals surface area (Å²) in [6.07, 6.45) is 0. The van der Waals surface area contributed by atoms with E-state index >= 15 is 0 Å². The van der Waals surface area contributed by atoms with Crippen LogP contribution in [0.2, 0.25) is 5.02 Å². The van der Waals surface area contributed by atoms with Gasteiger partial charge in [-0.25, -0.2) is 4.39 Å². The van der Waals surface area contributed by atoms with E-state index in [1.54, 1.807) is 0 Å². The molecule has 0 aliphatic heterocycles. The molecule has 0 bridgehead atoms. The Morgan fingerprint density at radius 1 is 1.54 bits per heavy atom. The van der Waals surface area contributed by atoms with Crippen LogP contribution in [0.5, 0.6) is 0 Å². The molecule has 0 aromatic heterocycles. The highest BCUT2D eigenvalue weighted by molar-refractivity contribution is 6.30. The Hall–Kier alpha value is -0.600. The minimum absolute atomic E-state index is 0.148. The van der Waals surface area contributed by atoms with Crippen LogP contribution in [0.3, 0.4) is 0 Å². The lowest BCUT2D eigenvalue weighted by Crippen LogP contribution is -2.20. The van der Waals surface area contributed by atoms with Gasteiger partial charge in [-0.15, -0.1) is 0 Å². The molecule has 1 N–H and O–H groups in total.